The summed E-state index contributed by atoms with van der Waals surface area (Å²) in [6.07, 6.45) is -3.22. The molecule has 1 unspecified atom stereocenters. The average Bonchev–Trinajstić information content (AvgIpc) is 3.72. The van der Waals surface area contributed by atoms with E-state index in [2.05, 4.69) is 5.32 Å². The van der Waals surface area contributed by atoms with Gasteiger partial charge in [0, 0.05) is 31.1 Å². The van der Waals surface area contributed by atoms with Crippen molar-refractivity contribution in [1.82, 2.24) is 9.62 Å². The molecule has 0 saturated heterocycles. The quantitative estimate of drug-likeness (QED) is 0.128. The van der Waals surface area contributed by atoms with Gasteiger partial charge in [-0.25, -0.2) is 8.60 Å². The van der Waals surface area contributed by atoms with Crippen molar-refractivity contribution in [2.45, 2.75) is 38.0 Å². The molecule has 0 spiro atoms. The van der Waals surface area contributed by atoms with Crippen LogP contribution in [0.15, 0.2) is 59.0 Å². The highest BCUT2D eigenvalue weighted by Crippen LogP contribution is 2.45. The van der Waals surface area contributed by atoms with Crippen molar-refractivity contribution >= 4 is 40.7 Å². The van der Waals surface area contributed by atoms with Gasteiger partial charge in [0.2, 0.25) is 11.3 Å². The molecule has 1 saturated carbocycles. The first-order chi connectivity index (χ1) is 19.9. The van der Waals surface area contributed by atoms with Crippen LogP contribution in [-0.2, 0) is 30.5 Å². The number of alkyl halides is 3. The fraction of sp³-hybridized carbons (Fsp3) is 0.250. The fourth-order valence-corrected chi connectivity index (χ4v) is 5.47. The third kappa shape index (κ3) is 6.13. The maximum atomic E-state index is 13.8. The van der Waals surface area contributed by atoms with Crippen molar-refractivity contribution in [3.05, 3.63) is 88.2 Å². The summed E-state index contributed by atoms with van der Waals surface area (Å²) >= 11 is -2.69. The molecule has 1 aliphatic rings. The first kappa shape index (κ1) is 29.9. The van der Waals surface area contributed by atoms with Crippen molar-refractivity contribution in [2.24, 2.45) is 0 Å². The van der Waals surface area contributed by atoms with Crippen molar-refractivity contribution in [1.29, 1.82) is 0 Å². The second-order valence-electron chi connectivity index (χ2n) is 10.0. The predicted octanol–water partition coefficient (Wildman–Crippen LogP) is 4.31. The zero-order chi connectivity index (χ0) is 30.3. The number of furan rings is 1. The summed E-state index contributed by atoms with van der Waals surface area (Å²) in [5, 5.41) is 21.7. The van der Waals surface area contributed by atoms with E-state index in [0.717, 1.165) is 34.8 Å². The Labute approximate surface area is 240 Å². The molecule has 8 nitrogen and oxygen atoms in total. The number of halogens is 4. The number of hydrogen-bond acceptors (Lipinski definition) is 5. The van der Waals surface area contributed by atoms with E-state index in [1.54, 1.807) is 12.1 Å². The van der Waals surface area contributed by atoms with Crippen molar-refractivity contribution < 1.29 is 45.6 Å². The second kappa shape index (κ2) is 11.6. The Morgan fingerprint density at radius 1 is 1.07 bits per heavy atom. The van der Waals surface area contributed by atoms with Crippen LogP contribution in [0.2, 0.25) is 0 Å². The first-order valence-corrected chi connectivity index (χ1v) is 13.9. The van der Waals surface area contributed by atoms with Crippen molar-refractivity contribution in [3.63, 3.8) is 0 Å². The van der Waals surface area contributed by atoms with Gasteiger partial charge in [0.05, 0.1) is 11.1 Å². The van der Waals surface area contributed by atoms with E-state index >= 15 is 0 Å². The summed E-state index contributed by atoms with van der Waals surface area (Å²) in [6, 6.07) is 11.5. The maximum Gasteiger partial charge on any atom is 0.488 e. The number of carbonyl (C=O) groups excluding carboxylic acids is 1. The van der Waals surface area contributed by atoms with Gasteiger partial charge in [0.25, 0.3) is 5.91 Å². The van der Waals surface area contributed by atoms with Crippen LogP contribution in [0.4, 0.5) is 17.6 Å². The van der Waals surface area contributed by atoms with Crippen LogP contribution in [-0.4, -0.2) is 43.2 Å². The molecule has 4 aromatic rings. The van der Waals surface area contributed by atoms with Crippen LogP contribution in [0.3, 0.4) is 0 Å². The average molecular weight is 604 g/mol. The number of hydrogen-bond donors (Lipinski definition) is 4. The third-order valence-electron chi connectivity index (χ3n) is 7.18. The molecule has 220 valence electrons. The van der Waals surface area contributed by atoms with Gasteiger partial charge >= 0.3 is 13.3 Å². The lowest BCUT2D eigenvalue weighted by Gasteiger charge is -2.22. The Bertz CT molecular complexity index is 1670. The lowest BCUT2D eigenvalue weighted by atomic mass is 9.78. The van der Waals surface area contributed by atoms with Gasteiger partial charge in [-0.2, -0.15) is 17.5 Å². The molecule has 1 aliphatic carbocycles. The summed E-state index contributed by atoms with van der Waals surface area (Å²) in [4.78, 5) is 12.9. The van der Waals surface area contributed by atoms with Gasteiger partial charge in [-0.1, -0.05) is 12.1 Å². The standard InChI is InChI=1S/C28H25BF4N2O6S/c1-34-27(36)25-22-12-21(15-2-3-15)18(10-24(22)41-26(25)16-5-8-20(30)9-6-16)14-35(42(39)40)13-17-4-7-19(29(37)38)11-23(17)28(31,32)33/h4-12,15,37-38H,2-3,13-14H2,1H3,(H,34,36)(H,39,40). The fourth-order valence-electron chi connectivity index (χ4n) is 4.97. The van der Waals surface area contributed by atoms with Gasteiger partial charge in [0.1, 0.15) is 17.2 Å². The predicted molar refractivity (Wildman–Crippen MR) is 148 cm³/mol. The van der Waals surface area contributed by atoms with E-state index in [4.69, 9.17) is 4.42 Å². The molecule has 14 heteroatoms. The Morgan fingerprint density at radius 2 is 1.74 bits per heavy atom. The van der Waals surface area contributed by atoms with Crippen LogP contribution in [0, 0.1) is 5.82 Å². The minimum Gasteiger partial charge on any atom is -0.455 e. The number of nitrogens with zero attached hydrogens (tertiary/aromatic N) is 1. The zero-order valence-corrected chi connectivity index (χ0v) is 22.9. The Balaban J connectivity index is 1.58. The molecule has 0 aliphatic heterocycles. The van der Waals surface area contributed by atoms with Gasteiger partial charge in [-0.05, 0) is 83.4 Å². The molecular weight excluding hydrogens is 579 g/mol. The van der Waals surface area contributed by atoms with Crippen LogP contribution >= 0.6 is 0 Å². The summed E-state index contributed by atoms with van der Waals surface area (Å²) in [5.41, 5.74) is 0.397. The van der Waals surface area contributed by atoms with Crippen molar-refractivity contribution in [3.8, 4) is 11.3 Å². The normalized spacial score (nSPS) is 14.4. The minimum absolute atomic E-state index is 0.0798. The highest BCUT2D eigenvalue weighted by Gasteiger charge is 2.36. The Hall–Kier alpha value is -3.56. The molecule has 0 radical (unpaired) electrons. The minimum atomic E-state index is -4.86. The Kier molecular flexibility index (Phi) is 8.27. The molecule has 1 amide bonds. The summed E-state index contributed by atoms with van der Waals surface area (Å²) in [5.74, 6) is -0.623. The molecule has 4 N–H and O–H groups in total. The van der Waals surface area contributed by atoms with E-state index < -0.39 is 48.4 Å². The molecule has 1 fully saturated rings. The number of rotatable bonds is 9. The molecule has 42 heavy (non-hydrogen) atoms. The summed E-state index contributed by atoms with van der Waals surface area (Å²) < 4.78 is 84.5. The van der Waals surface area contributed by atoms with E-state index in [1.165, 1.54) is 31.3 Å². The number of nitrogens with one attached hydrogen (secondary N) is 1. The molecule has 3 aromatic carbocycles. The smallest absolute Gasteiger partial charge is 0.455 e. The first-order valence-electron chi connectivity index (χ1n) is 12.9. The molecule has 1 heterocycles. The molecular formula is C28H25BF4N2O6S. The highest BCUT2D eigenvalue weighted by atomic mass is 32.2. The molecule has 1 aromatic heterocycles. The van der Waals surface area contributed by atoms with Gasteiger partial charge in [-0.15, -0.1) is 0 Å². The van der Waals surface area contributed by atoms with E-state index in [-0.39, 0.29) is 40.4 Å². The van der Waals surface area contributed by atoms with Crippen LogP contribution in [0.1, 0.15) is 51.4 Å². The molecule has 5 rings (SSSR count). The monoisotopic (exact) mass is 604 g/mol. The van der Waals surface area contributed by atoms with E-state index in [9.17, 15) is 41.2 Å². The number of fused-ring (bicyclic) bond motifs is 1. The molecule has 0 bridgehead atoms. The number of benzene rings is 3. The lowest BCUT2D eigenvalue weighted by molar-refractivity contribution is -0.138. The SMILES string of the molecule is CNC(=O)c1c(-c2ccc(F)cc2)oc2cc(CN(Cc3ccc(B(O)O)cc3C(F)(F)F)S(=O)O)c(C3CC3)cc12. The van der Waals surface area contributed by atoms with E-state index in [0.29, 0.717) is 22.6 Å². The second-order valence-corrected chi connectivity index (χ2v) is 11.0. The summed E-state index contributed by atoms with van der Waals surface area (Å²) in [6.45, 7) is -0.807. The number of amides is 1. The highest BCUT2D eigenvalue weighted by molar-refractivity contribution is 7.76. The lowest BCUT2D eigenvalue weighted by Crippen LogP contribution is -2.32. The third-order valence-corrected chi connectivity index (χ3v) is 7.88. The van der Waals surface area contributed by atoms with E-state index in [1.807, 2.05) is 0 Å². The van der Waals surface area contributed by atoms with Crippen LogP contribution in [0.5, 0.6) is 0 Å². The van der Waals surface area contributed by atoms with Gasteiger partial charge < -0.3 is 19.8 Å². The zero-order valence-electron chi connectivity index (χ0n) is 22.1. The van der Waals surface area contributed by atoms with Crippen LogP contribution in [0.25, 0.3) is 22.3 Å². The maximum absolute atomic E-state index is 13.8. The molecule has 1 atom stereocenters. The van der Waals surface area contributed by atoms with Crippen LogP contribution < -0.4 is 10.8 Å². The van der Waals surface area contributed by atoms with Gasteiger partial charge in [0.15, 0.2) is 0 Å². The topological polar surface area (TPSA) is 123 Å². The Morgan fingerprint density at radius 3 is 2.31 bits per heavy atom. The van der Waals surface area contributed by atoms with Crippen molar-refractivity contribution in [2.75, 3.05) is 7.05 Å². The summed E-state index contributed by atoms with van der Waals surface area (Å²) in [7, 11) is -0.660. The largest absolute Gasteiger partial charge is 0.488 e. The number of carbonyl (C=O) groups is 1. The van der Waals surface area contributed by atoms with Gasteiger partial charge in [-0.3, -0.25) is 9.35 Å².